The van der Waals surface area contributed by atoms with E-state index < -0.39 is 10.8 Å². The Morgan fingerprint density at radius 2 is 1.95 bits per heavy atom. The van der Waals surface area contributed by atoms with Crippen molar-refractivity contribution in [2.45, 2.75) is 45.3 Å². The number of hydrogen-bond acceptors (Lipinski definition) is 3. The van der Waals surface area contributed by atoms with Crippen LogP contribution in [-0.2, 0) is 10.8 Å². The molecule has 0 aromatic carbocycles. The molecule has 0 spiro atoms. The smallest absolute Gasteiger partial charge is 0.191 e. The lowest BCUT2D eigenvalue weighted by molar-refractivity contribution is 0.647. The number of rotatable bonds is 9. The monoisotopic (exact) mass is 321 g/mol. The predicted octanol–water partition coefficient (Wildman–Crippen LogP) is 2.23. The van der Waals surface area contributed by atoms with Crippen LogP contribution < -0.4 is 10.6 Å². The van der Waals surface area contributed by atoms with Gasteiger partial charge < -0.3 is 10.6 Å². The molecule has 1 atom stereocenters. The van der Waals surface area contributed by atoms with Crippen molar-refractivity contribution in [2.75, 3.05) is 37.4 Å². The van der Waals surface area contributed by atoms with Gasteiger partial charge >= 0.3 is 0 Å². The summed E-state index contributed by atoms with van der Waals surface area (Å²) in [7, 11) is -0.816. The fourth-order valence-corrected chi connectivity index (χ4v) is 2.85. The van der Waals surface area contributed by atoms with Crippen molar-refractivity contribution in [3.8, 4) is 0 Å². The summed E-state index contributed by atoms with van der Waals surface area (Å²) in [6.45, 7) is 10.5. The Balaban J connectivity index is 4.01. The van der Waals surface area contributed by atoms with Gasteiger partial charge in [-0.15, -0.1) is 0 Å². The van der Waals surface area contributed by atoms with E-state index in [4.69, 9.17) is 0 Å². The molecule has 0 fully saturated rings. The number of aliphatic imine (C=N–C) groups is 1. The Morgan fingerprint density at radius 3 is 2.50 bits per heavy atom. The molecule has 20 heavy (non-hydrogen) atoms. The summed E-state index contributed by atoms with van der Waals surface area (Å²) in [5.41, 5.74) is 0. The van der Waals surface area contributed by atoms with Gasteiger partial charge in [0.15, 0.2) is 5.96 Å². The molecule has 120 valence electrons. The number of hydrogen-bond donors (Lipinski definition) is 2. The maximum absolute atomic E-state index is 11.9. The minimum absolute atomic E-state index is 0.144. The standard InChI is InChI=1S/C14H31N3OS2/c1-6-15-13(16-9-7-8-11-19-5)17-10-12-20(18)14(2,3)4/h6-12H2,1-5H3,(H2,15,16,17). The van der Waals surface area contributed by atoms with Crippen molar-refractivity contribution in [2.24, 2.45) is 4.99 Å². The molecule has 0 saturated carbocycles. The number of guanidine groups is 1. The van der Waals surface area contributed by atoms with Gasteiger partial charge in [-0.3, -0.25) is 9.20 Å². The Kier molecular flexibility index (Phi) is 11.3. The Hall–Kier alpha value is -0.230. The first kappa shape index (κ1) is 19.8. The van der Waals surface area contributed by atoms with E-state index in [-0.39, 0.29) is 4.75 Å². The first-order valence-electron chi connectivity index (χ1n) is 7.31. The van der Waals surface area contributed by atoms with Crippen LogP contribution in [0.1, 0.15) is 40.5 Å². The zero-order valence-corrected chi connectivity index (χ0v) is 15.3. The maximum Gasteiger partial charge on any atom is 0.191 e. The summed E-state index contributed by atoms with van der Waals surface area (Å²) in [6.07, 6.45) is 4.45. The first-order valence-corrected chi connectivity index (χ1v) is 10.0. The lowest BCUT2D eigenvalue weighted by atomic mass is 10.3. The minimum atomic E-state index is -0.816. The van der Waals surface area contributed by atoms with E-state index in [1.807, 2.05) is 32.5 Å². The van der Waals surface area contributed by atoms with Gasteiger partial charge in [0, 0.05) is 40.9 Å². The SMILES string of the molecule is CCNC(=NCCCCSC)NCCS(=O)C(C)(C)C. The summed E-state index contributed by atoms with van der Waals surface area (Å²) in [4.78, 5) is 4.53. The number of unbranched alkanes of at least 4 members (excludes halogenated alkanes) is 1. The van der Waals surface area contributed by atoms with E-state index in [1.165, 1.54) is 12.2 Å². The molecule has 0 aliphatic carbocycles. The van der Waals surface area contributed by atoms with Crippen LogP contribution in [0.2, 0.25) is 0 Å². The second-order valence-corrected chi connectivity index (χ2v) is 8.86. The van der Waals surface area contributed by atoms with Crippen LogP contribution in [0.25, 0.3) is 0 Å². The van der Waals surface area contributed by atoms with E-state index in [1.54, 1.807) is 0 Å². The molecule has 6 heteroatoms. The molecule has 0 aliphatic heterocycles. The molecule has 4 nitrogen and oxygen atoms in total. The minimum Gasteiger partial charge on any atom is -0.357 e. The van der Waals surface area contributed by atoms with Crippen LogP contribution in [0, 0.1) is 0 Å². The largest absolute Gasteiger partial charge is 0.357 e. The molecule has 1 unspecified atom stereocenters. The third kappa shape index (κ3) is 10.5. The third-order valence-corrected chi connectivity index (χ3v) is 5.27. The van der Waals surface area contributed by atoms with Crippen molar-refractivity contribution in [3.05, 3.63) is 0 Å². The average Bonchev–Trinajstić information content (AvgIpc) is 2.37. The maximum atomic E-state index is 11.9. The molecule has 0 aromatic rings. The summed E-state index contributed by atoms with van der Waals surface area (Å²) in [5.74, 6) is 2.69. The highest BCUT2D eigenvalue weighted by Gasteiger charge is 2.18. The van der Waals surface area contributed by atoms with Crippen molar-refractivity contribution in [3.63, 3.8) is 0 Å². The summed E-state index contributed by atoms with van der Waals surface area (Å²) < 4.78 is 11.8. The molecular formula is C14H31N3OS2. The van der Waals surface area contributed by atoms with Crippen molar-refractivity contribution in [1.29, 1.82) is 0 Å². The molecule has 0 rings (SSSR count). The molecule has 0 bridgehead atoms. The van der Waals surface area contributed by atoms with Crippen LogP contribution in [0.15, 0.2) is 4.99 Å². The van der Waals surface area contributed by atoms with Gasteiger partial charge in [-0.25, -0.2) is 0 Å². The van der Waals surface area contributed by atoms with Gasteiger partial charge in [0.1, 0.15) is 0 Å². The van der Waals surface area contributed by atoms with Gasteiger partial charge in [0.25, 0.3) is 0 Å². The molecule has 0 saturated heterocycles. The van der Waals surface area contributed by atoms with Gasteiger partial charge in [0.05, 0.1) is 0 Å². The van der Waals surface area contributed by atoms with Crippen molar-refractivity contribution in [1.82, 2.24) is 10.6 Å². The van der Waals surface area contributed by atoms with Gasteiger partial charge in [-0.1, -0.05) is 0 Å². The van der Waals surface area contributed by atoms with Gasteiger partial charge in [-0.2, -0.15) is 11.8 Å². The normalized spacial score (nSPS) is 14.2. The molecule has 0 amide bonds. The van der Waals surface area contributed by atoms with Crippen LogP contribution >= 0.6 is 11.8 Å². The quantitative estimate of drug-likeness (QED) is 0.388. The summed E-state index contributed by atoms with van der Waals surface area (Å²) in [6, 6.07) is 0. The Labute approximate surface area is 131 Å². The molecule has 0 aromatic heterocycles. The zero-order chi connectivity index (χ0) is 15.4. The Bertz CT molecular complexity index is 301. The zero-order valence-electron chi connectivity index (χ0n) is 13.6. The lowest BCUT2D eigenvalue weighted by Gasteiger charge is -2.18. The van der Waals surface area contributed by atoms with Crippen LogP contribution in [0.3, 0.4) is 0 Å². The number of nitrogens with zero attached hydrogens (tertiary/aromatic N) is 1. The number of thioether (sulfide) groups is 1. The highest BCUT2D eigenvalue weighted by Crippen LogP contribution is 2.10. The van der Waals surface area contributed by atoms with Crippen LogP contribution in [0.4, 0.5) is 0 Å². The average molecular weight is 322 g/mol. The third-order valence-electron chi connectivity index (χ3n) is 2.63. The van der Waals surface area contributed by atoms with E-state index in [2.05, 4.69) is 28.8 Å². The first-order chi connectivity index (χ1) is 9.41. The van der Waals surface area contributed by atoms with Gasteiger partial charge in [0.2, 0.25) is 0 Å². The van der Waals surface area contributed by atoms with Crippen molar-refractivity contribution < 1.29 is 4.21 Å². The number of nitrogens with one attached hydrogen (secondary N) is 2. The summed E-state index contributed by atoms with van der Waals surface area (Å²) >= 11 is 1.88. The molecular weight excluding hydrogens is 290 g/mol. The van der Waals surface area contributed by atoms with Crippen LogP contribution in [-0.4, -0.2) is 52.3 Å². The fraction of sp³-hybridized carbons (Fsp3) is 0.929. The lowest BCUT2D eigenvalue weighted by Crippen LogP contribution is -2.40. The fourth-order valence-electron chi connectivity index (χ4n) is 1.46. The topological polar surface area (TPSA) is 53.5 Å². The second kappa shape index (κ2) is 11.4. The van der Waals surface area contributed by atoms with Crippen molar-refractivity contribution >= 4 is 28.5 Å². The van der Waals surface area contributed by atoms with Gasteiger partial charge in [-0.05, 0) is 52.5 Å². The highest BCUT2D eigenvalue weighted by atomic mass is 32.2. The van der Waals surface area contributed by atoms with E-state index >= 15 is 0 Å². The molecule has 0 radical (unpaired) electrons. The highest BCUT2D eigenvalue weighted by molar-refractivity contribution is 7.98. The predicted molar refractivity (Wildman–Crippen MR) is 94.4 cm³/mol. The summed E-state index contributed by atoms with van der Waals surface area (Å²) in [5, 5.41) is 6.48. The second-order valence-electron chi connectivity index (χ2n) is 5.55. The van der Waals surface area contributed by atoms with E-state index in [0.717, 1.165) is 25.5 Å². The molecule has 2 N–H and O–H groups in total. The molecule has 0 aliphatic rings. The van der Waals surface area contributed by atoms with Crippen LogP contribution in [0.5, 0.6) is 0 Å². The van der Waals surface area contributed by atoms with E-state index in [9.17, 15) is 4.21 Å². The Morgan fingerprint density at radius 1 is 1.25 bits per heavy atom. The molecule has 0 heterocycles. The van der Waals surface area contributed by atoms with E-state index in [0.29, 0.717) is 12.3 Å².